The number of benzene rings is 1. The highest BCUT2D eigenvalue weighted by atomic mass is 16.5. The van der Waals surface area contributed by atoms with Gasteiger partial charge in [0.15, 0.2) is 17.6 Å². The smallest absolute Gasteiger partial charge is 0.337 e. The fourth-order valence-electron chi connectivity index (χ4n) is 1.96. The van der Waals surface area contributed by atoms with Crippen LogP contribution in [-0.4, -0.2) is 29.4 Å². The number of hydrogen-bond acceptors (Lipinski definition) is 4. The second kappa shape index (κ2) is 5.27. The monoisotopic (exact) mass is 252 g/mol. The topological polar surface area (TPSA) is 76.0 Å². The number of aliphatic hydroxyl groups excluding tert-OH is 1. The van der Waals surface area contributed by atoms with Gasteiger partial charge in [0.1, 0.15) is 0 Å². The molecule has 2 rings (SSSR count). The third-order valence-corrected chi connectivity index (χ3v) is 2.92. The molecule has 1 aromatic carbocycles. The van der Waals surface area contributed by atoms with Crippen molar-refractivity contribution in [3.63, 3.8) is 0 Å². The molecular weight excluding hydrogens is 236 g/mol. The molecule has 1 aliphatic heterocycles. The number of ether oxygens (including phenoxy) is 2. The van der Waals surface area contributed by atoms with Crippen LogP contribution in [0.3, 0.4) is 0 Å². The Labute approximate surface area is 105 Å². The Kier molecular flexibility index (Phi) is 3.72. The van der Waals surface area contributed by atoms with E-state index in [4.69, 9.17) is 14.6 Å². The van der Waals surface area contributed by atoms with Gasteiger partial charge in [-0.2, -0.15) is 0 Å². The van der Waals surface area contributed by atoms with E-state index in [1.54, 1.807) is 12.1 Å². The van der Waals surface area contributed by atoms with Crippen molar-refractivity contribution in [1.82, 2.24) is 0 Å². The summed E-state index contributed by atoms with van der Waals surface area (Å²) in [6.45, 7) is 3.01. The summed E-state index contributed by atoms with van der Waals surface area (Å²) in [5.41, 5.74) is 1.13. The van der Waals surface area contributed by atoms with Gasteiger partial charge in [0.2, 0.25) is 0 Å². The van der Waals surface area contributed by atoms with Crippen molar-refractivity contribution in [3.05, 3.63) is 23.3 Å². The molecule has 1 unspecified atom stereocenters. The molecule has 0 fully saturated rings. The van der Waals surface area contributed by atoms with E-state index in [0.717, 1.165) is 12.0 Å². The van der Waals surface area contributed by atoms with Crippen molar-refractivity contribution in [3.8, 4) is 11.5 Å². The van der Waals surface area contributed by atoms with Crippen LogP contribution in [0.15, 0.2) is 12.1 Å². The van der Waals surface area contributed by atoms with Gasteiger partial charge < -0.3 is 19.7 Å². The molecule has 1 aromatic rings. The van der Waals surface area contributed by atoms with Gasteiger partial charge in [-0.1, -0.05) is 6.92 Å². The summed E-state index contributed by atoms with van der Waals surface area (Å²) in [5, 5.41) is 18.6. The minimum Gasteiger partial charge on any atom is -0.490 e. The van der Waals surface area contributed by atoms with Crippen LogP contribution in [-0.2, 0) is 11.2 Å². The van der Waals surface area contributed by atoms with Gasteiger partial charge in [-0.25, -0.2) is 4.79 Å². The van der Waals surface area contributed by atoms with Crippen LogP contribution in [0.5, 0.6) is 11.5 Å². The molecule has 0 amide bonds. The summed E-state index contributed by atoms with van der Waals surface area (Å²) >= 11 is 0. The zero-order valence-corrected chi connectivity index (χ0v) is 10.2. The molecule has 0 radical (unpaired) electrons. The Morgan fingerprint density at radius 1 is 1.33 bits per heavy atom. The first-order valence-corrected chi connectivity index (χ1v) is 5.96. The fourth-order valence-corrected chi connectivity index (χ4v) is 1.96. The second-order valence-corrected chi connectivity index (χ2v) is 4.14. The predicted octanol–water partition coefficient (Wildman–Crippen LogP) is 1.53. The average molecular weight is 252 g/mol. The summed E-state index contributed by atoms with van der Waals surface area (Å²) in [4.78, 5) is 10.9. The van der Waals surface area contributed by atoms with E-state index in [2.05, 4.69) is 0 Å². The van der Waals surface area contributed by atoms with E-state index < -0.39 is 12.1 Å². The number of aliphatic carboxylic acids is 1. The molecule has 0 saturated carbocycles. The van der Waals surface area contributed by atoms with E-state index >= 15 is 0 Å². The average Bonchev–Trinajstić information content (AvgIpc) is 2.60. The van der Waals surface area contributed by atoms with Crippen LogP contribution in [0.25, 0.3) is 0 Å². The van der Waals surface area contributed by atoms with Gasteiger partial charge in [0, 0.05) is 6.42 Å². The zero-order valence-electron chi connectivity index (χ0n) is 10.2. The lowest BCUT2D eigenvalue weighted by atomic mass is 9.99. The molecule has 0 bridgehead atoms. The van der Waals surface area contributed by atoms with Crippen molar-refractivity contribution >= 4 is 5.97 Å². The quantitative estimate of drug-likeness (QED) is 0.853. The summed E-state index contributed by atoms with van der Waals surface area (Å²) in [5.74, 6) is -0.148. The normalized spacial score (nSPS) is 15.9. The number of fused-ring (bicyclic) bond motifs is 1. The summed E-state index contributed by atoms with van der Waals surface area (Å²) in [6, 6.07) is 3.32. The van der Waals surface area contributed by atoms with Crippen LogP contribution in [0.2, 0.25) is 0 Å². The molecule has 0 aromatic heterocycles. The van der Waals surface area contributed by atoms with Crippen LogP contribution < -0.4 is 9.47 Å². The lowest BCUT2D eigenvalue weighted by molar-refractivity contribution is -0.147. The maximum Gasteiger partial charge on any atom is 0.337 e. The van der Waals surface area contributed by atoms with E-state index in [9.17, 15) is 9.90 Å². The number of hydrogen-bond donors (Lipinski definition) is 2. The van der Waals surface area contributed by atoms with Gasteiger partial charge >= 0.3 is 5.97 Å². The Morgan fingerprint density at radius 3 is 2.50 bits per heavy atom. The lowest BCUT2D eigenvalue weighted by Crippen LogP contribution is -2.13. The molecular formula is C13H16O5. The van der Waals surface area contributed by atoms with Crippen molar-refractivity contribution in [1.29, 1.82) is 0 Å². The molecule has 1 atom stereocenters. The minimum atomic E-state index is -1.53. The Bertz CT molecular complexity index is 455. The lowest BCUT2D eigenvalue weighted by Gasteiger charge is -2.15. The van der Waals surface area contributed by atoms with E-state index in [-0.39, 0.29) is 0 Å². The van der Waals surface area contributed by atoms with Crippen molar-refractivity contribution in [2.45, 2.75) is 25.9 Å². The first-order chi connectivity index (χ1) is 8.63. The molecule has 2 N–H and O–H groups in total. The summed E-state index contributed by atoms with van der Waals surface area (Å²) in [6.07, 6.45) is -0.124. The molecule has 1 heterocycles. The number of carboxylic acid groups (broad SMARTS) is 1. The number of aryl methyl sites for hydroxylation is 1. The molecule has 5 heteroatoms. The third kappa shape index (κ3) is 2.41. The molecule has 1 aliphatic rings. The van der Waals surface area contributed by atoms with Crippen molar-refractivity contribution < 1.29 is 24.5 Å². The van der Waals surface area contributed by atoms with Gasteiger partial charge in [-0.05, 0) is 29.7 Å². The summed E-state index contributed by atoms with van der Waals surface area (Å²) in [7, 11) is 0. The standard InChI is InChI=1S/C13H16O5/c1-2-8-6-10-11(18-5-3-4-17-10)7-9(8)12(14)13(15)16/h6-7,12,14H,2-5H2,1H3,(H,15,16). The Balaban J connectivity index is 2.46. The van der Waals surface area contributed by atoms with Crippen LogP contribution >= 0.6 is 0 Å². The fraction of sp³-hybridized carbons (Fsp3) is 0.462. The number of aliphatic hydroxyl groups is 1. The predicted molar refractivity (Wildman–Crippen MR) is 64.0 cm³/mol. The van der Waals surface area contributed by atoms with Gasteiger partial charge in [0.25, 0.3) is 0 Å². The van der Waals surface area contributed by atoms with Gasteiger partial charge in [-0.15, -0.1) is 0 Å². The van der Waals surface area contributed by atoms with Crippen LogP contribution in [0, 0.1) is 0 Å². The largest absolute Gasteiger partial charge is 0.490 e. The maximum absolute atomic E-state index is 10.9. The first kappa shape index (κ1) is 12.7. The van der Waals surface area contributed by atoms with Crippen LogP contribution in [0.4, 0.5) is 0 Å². The molecule has 0 aliphatic carbocycles. The second-order valence-electron chi connectivity index (χ2n) is 4.14. The van der Waals surface area contributed by atoms with E-state index in [0.29, 0.717) is 36.7 Å². The van der Waals surface area contributed by atoms with Crippen LogP contribution in [0.1, 0.15) is 30.6 Å². The SMILES string of the molecule is CCc1cc2c(cc1C(O)C(=O)O)OCCCO2. The zero-order chi connectivity index (χ0) is 13.1. The van der Waals surface area contributed by atoms with Crippen molar-refractivity contribution in [2.75, 3.05) is 13.2 Å². The first-order valence-electron chi connectivity index (χ1n) is 5.96. The highest BCUT2D eigenvalue weighted by molar-refractivity contribution is 5.75. The van der Waals surface area contributed by atoms with Crippen molar-refractivity contribution in [2.24, 2.45) is 0 Å². The summed E-state index contributed by atoms with van der Waals surface area (Å²) < 4.78 is 11.0. The maximum atomic E-state index is 10.9. The molecule has 0 spiro atoms. The highest BCUT2D eigenvalue weighted by Gasteiger charge is 2.22. The number of carboxylic acids is 1. The van der Waals surface area contributed by atoms with E-state index in [1.165, 1.54) is 0 Å². The highest BCUT2D eigenvalue weighted by Crippen LogP contribution is 2.35. The Hall–Kier alpha value is -1.75. The minimum absolute atomic E-state index is 0.370. The number of rotatable bonds is 3. The number of carbonyl (C=O) groups is 1. The van der Waals surface area contributed by atoms with Gasteiger partial charge in [-0.3, -0.25) is 0 Å². The molecule has 18 heavy (non-hydrogen) atoms. The Morgan fingerprint density at radius 2 is 1.94 bits per heavy atom. The third-order valence-electron chi connectivity index (χ3n) is 2.92. The molecule has 0 saturated heterocycles. The van der Waals surface area contributed by atoms with Gasteiger partial charge in [0.05, 0.1) is 13.2 Å². The van der Waals surface area contributed by atoms with E-state index in [1.807, 2.05) is 6.92 Å². The molecule has 98 valence electrons. The molecule has 5 nitrogen and oxygen atoms in total.